The van der Waals surface area contributed by atoms with Crippen LogP contribution in [0.4, 0.5) is 10.6 Å². The van der Waals surface area contributed by atoms with Crippen molar-refractivity contribution in [2.45, 2.75) is 38.7 Å². The van der Waals surface area contributed by atoms with Gasteiger partial charge >= 0.3 is 6.09 Å². The van der Waals surface area contributed by atoms with Gasteiger partial charge in [-0.1, -0.05) is 0 Å². The average molecular weight is 263 g/mol. The summed E-state index contributed by atoms with van der Waals surface area (Å²) in [5.74, 6) is 1.07. The molecule has 0 spiro atoms. The highest BCUT2D eigenvalue weighted by molar-refractivity contribution is 5.83. The van der Waals surface area contributed by atoms with E-state index in [0.29, 0.717) is 11.6 Å². The Labute approximate surface area is 111 Å². The van der Waals surface area contributed by atoms with Crippen LogP contribution in [0.25, 0.3) is 0 Å². The highest BCUT2D eigenvalue weighted by Gasteiger charge is 2.40. The highest BCUT2D eigenvalue weighted by Crippen LogP contribution is 2.44. The number of hydrogen-bond acceptors (Lipinski definition) is 5. The van der Waals surface area contributed by atoms with Gasteiger partial charge in [0.25, 0.3) is 0 Å². The van der Waals surface area contributed by atoms with E-state index >= 15 is 0 Å². The molecule has 0 aromatic carbocycles. The number of aldehydes is 1. The normalized spacial score (nSPS) is 21.6. The van der Waals surface area contributed by atoms with Gasteiger partial charge in [-0.25, -0.2) is 14.8 Å². The van der Waals surface area contributed by atoms with Crippen LogP contribution < -0.4 is 5.32 Å². The third-order valence-electron chi connectivity index (χ3n) is 2.65. The van der Waals surface area contributed by atoms with Crippen molar-refractivity contribution in [3.05, 3.63) is 18.1 Å². The Balaban J connectivity index is 2.00. The van der Waals surface area contributed by atoms with Crippen molar-refractivity contribution >= 4 is 18.2 Å². The summed E-state index contributed by atoms with van der Waals surface area (Å²) in [7, 11) is 0. The van der Waals surface area contributed by atoms with Gasteiger partial charge in [0.1, 0.15) is 23.5 Å². The fourth-order valence-corrected chi connectivity index (χ4v) is 1.69. The van der Waals surface area contributed by atoms with Crippen LogP contribution in [-0.4, -0.2) is 27.9 Å². The molecule has 0 radical (unpaired) electrons. The zero-order chi connectivity index (χ0) is 14.0. The molecule has 1 fully saturated rings. The molecule has 1 N–H and O–H groups in total. The minimum absolute atomic E-state index is 0.0109. The Kier molecular flexibility index (Phi) is 3.50. The summed E-state index contributed by atoms with van der Waals surface area (Å²) < 4.78 is 5.13. The average Bonchev–Trinajstić information content (AvgIpc) is 3.05. The molecule has 0 aliphatic heterocycles. The molecule has 2 atom stereocenters. The Morgan fingerprint density at radius 2 is 2.26 bits per heavy atom. The third-order valence-corrected chi connectivity index (χ3v) is 2.65. The van der Waals surface area contributed by atoms with E-state index in [1.165, 1.54) is 0 Å². The number of aromatic nitrogens is 2. The second kappa shape index (κ2) is 4.95. The number of carbonyl (C=O) groups is 2. The molecule has 2 rings (SSSR count). The number of carbonyl (C=O) groups excluding carboxylic acids is 2. The summed E-state index contributed by atoms with van der Waals surface area (Å²) >= 11 is 0. The molecule has 1 aromatic rings. The Morgan fingerprint density at radius 3 is 2.84 bits per heavy atom. The van der Waals surface area contributed by atoms with Crippen molar-refractivity contribution < 1.29 is 14.3 Å². The second-order valence-corrected chi connectivity index (χ2v) is 5.57. The molecule has 6 nitrogen and oxygen atoms in total. The van der Waals surface area contributed by atoms with Gasteiger partial charge < -0.3 is 9.53 Å². The summed E-state index contributed by atoms with van der Waals surface area (Å²) in [4.78, 5) is 30.6. The molecule has 6 heteroatoms. The van der Waals surface area contributed by atoms with Crippen molar-refractivity contribution in [3.63, 3.8) is 0 Å². The van der Waals surface area contributed by atoms with E-state index in [1.807, 2.05) is 0 Å². The number of amides is 1. The van der Waals surface area contributed by atoms with Gasteiger partial charge in [-0.05, 0) is 33.3 Å². The fourth-order valence-electron chi connectivity index (χ4n) is 1.69. The van der Waals surface area contributed by atoms with E-state index in [0.717, 1.165) is 12.7 Å². The molecule has 1 saturated carbocycles. The van der Waals surface area contributed by atoms with Crippen LogP contribution >= 0.6 is 0 Å². The van der Waals surface area contributed by atoms with Gasteiger partial charge in [0, 0.05) is 18.0 Å². The monoisotopic (exact) mass is 263 g/mol. The van der Waals surface area contributed by atoms with Crippen LogP contribution in [0.5, 0.6) is 0 Å². The van der Waals surface area contributed by atoms with E-state index < -0.39 is 11.7 Å². The van der Waals surface area contributed by atoms with Gasteiger partial charge in [0.05, 0.1) is 0 Å². The Morgan fingerprint density at radius 1 is 1.53 bits per heavy atom. The standard InChI is InChI=1S/C13H17N3O3/c1-13(2,3)19-12(18)16-10-4-5-14-11(15-10)9-6-8(9)7-17/h4-5,7-9H,6H2,1-3H3,(H,14,15,16,18). The predicted octanol–water partition coefficient (Wildman–Crippen LogP) is 2.13. The molecule has 102 valence electrons. The summed E-state index contributed by atoms with van der Waals surface area (Å²) in [6.07, 6.45) is 2.70. The first-order valence-corrected chi connectivity index (χ1v) is 6.17. The molecule has 1 aromatic heterocycles. The zero-order valence-corrected chi connectivity index (χ0v) is 11.2. The lowest BCUT2D eigenvalue weighted by atomic mass is 10.2. The molecular formula is C13H17N3O3. The molecule has 0 bridgehead atoms. The first-order chi connectivity index (χ1) is 8.89. The first-order valence-electron chi connectivity index (χ1n) is 6.17. The van der Waals surface area contributed by atoms with Crippen LogP contribution in [0.15, 0.2) is 12.3 Å². The van der Waals surface area contributed by atoms with E-state index in [4.69, 9.17) is 4.74 Å². The summed E-state index contributed by atoms with van der Waals surface area (Å²) in [5.41, 5.74) is -0.556. The third kappa shape index (κ3) is 3.74. The smallest absolute Gasteiger partial charge is 0.413 e. The van der Waals surface area contributed by atoms with Crippen molar-refractivity contribution in [1.82, 2.24) is 9.97 Å². The maximum atomic E-state index is 11.6. The maximum absolute atomic E-state index is 11.6. The largest absolute Gasteiger partial charge is 0.444 e. The molecule has 1 amide bonds. The molecular weight excluding hydrogens is 246 g/mol. The SMILES string of the molecule is CC(C)(C)OC(=O)Nc1ccnc(C2CC2C=O)n1. The Hall–Kier alpha value is -1.98. The van der Waals surface area contributed by atoms with Gasteiger partial charge in [-0.3, -0.25) is 5.32 Å². The molecule has 1 aliphatic carbocycles. The fraction of sp³-hybridized carbons (Fsp3) is 0.538. The van der Waals surface area contributed by atoms with E-state index in [1.54, 1.807) is 33.0 Å². The Bertz CT molecular complexity index is 496. The van der Waals surface area contributed by atoms with Gasteiger partial charge in [0.2, 0.25) is 0 Å². The van der Waals surface area contributed by atoms with Crippen molar-refractivity contribution in [1.29, 1.82) is 0 Å². The molecule has 0 saturated heterocycles. The van der Waals surface area contributed by atoms with Crippen LogP contribution in [0, 0.1) is 5.92 Å². The van der Waals surface area contributed by atoms with Crippen molar-refractivity contribution in [3.8, 4) is 0 Å². The predicted molar refractivity (Wildman–Crippen MR) is 68.8 cm³/mol. The van der Waals surface area contributed by atoms with Crippen molar-refractivity contribution in [2.24, 2.45) is 5.92 Å². The molecule has 1 aliphatic rings. The molecule has 2 unspecified atom stereocenters. The molecule has 1 heterocycles. The first kappa shape index (κ1) is 13.5. The number of anilines is 1. The van der Waals surface area contributed by atoms with Gasteiger partial charge in [-0.15, -0.1) is 0 Å². The number of hydrogen-bond donors (Lipinski definition) is 1. The number of rotatable bonds is 3. The van der Waals surface area contributed by atoms with E-state index in [-0.39, 0.29) is 11.8 Å². The summed E-state index contributed by atoms with van der Waals surface area (Å²) in [5, 5.41) is 2.55. The lowest BCUT2D eigenvalue weighted by Gasteiger charge is -2.19. The van der Waals surface area contributed by atoms with Crippen LogP contribution in [0.3, 0.4) is 0 Å². The van der Waals surface area contributed by atoms with E-state index in [9.17, 15) is 9.59 Å². The quantitative estimate of drug-likeness (QED) is 0.845. The highest BCUT2D eigenvalue weighted by atomic mass is 16.6. The second-order valence-electron chi connectivity index (χ2n) is 5.57. The topological polar surface area (TPSA) is 81.2 Å². The number of nitrogens with one attached hydrogen (secondary N) is 1. The maximum Gasteiger partial charge on any atom is 0.413 e. The van der Waals surface area contributed by atoms with Crippen LogP contribution in [-0.2, 0) is 9.53 Å². The number of nitrogens with zero attached hydrogens (tertiary/aromatic N) is 2. The van der Waals surface area contributed by atoms with E-state index in [2.05, 4.69) is 15.3 Å². The minimum atomic E-state index is -0.556. The summed E-state index contributed by atoms with van der Waals surface area (Å²) in [6, 6.07) is 1.59. The van der Waals surface area contributed by atoms with Crippen LogP contribution in [0.1, 0.15) is 38.9 Å². The number of ether oxygens (including phenoxy) is 1. The van der Waals surface area contributed by atoms with Gasteiger partial charge in [-0.2, -0.15) is 0 Å². The van der Waals surface area contributed by atoms with Gasteiger partial charge in [0.15, 0.2) is 0 Å². The summed E-state index contributed by atoms with van der Waals surface area (Å²) in [6.45, 7) is 5.37. The van der Waals surface area contributed by atoms with Crippen molar-refractivity contribution in [2.75, 3.05) is 5.32 Å². The van der Waals surface area contributed by atoms with Crippen LogP contribution in [0.2, 0.25) is 0 Å². The lowest BCUT2D eigenvalue weighted by molar-refractivity contribution is -0.108. The lowest BCUT2D eigenvalue weighted by Crippen LogP contribution is -2.27. The zero-order valence-electron chi connectivity index (χ0n) is 11.2. The minimum Gasteiger partial charge on any atom is -0.444 e. The molecule has 19 heavy (non-hydrogen) atoms.